The lowest BCUT2D eigenvalue weighted by molar-refractivity contribution is -0.155. The number of carboxylic acids is 2. The molecule has 5 nitrogen and oxygen atoms in total. The summed E-state index contributed by atoms with van der Waals surface area (Å²) in [6.45, 7) is 1.61. The normalized spacial score (nSPS) is 36.5. The molecule has 0 aromatic rings. The van der Waals surface area contributed by atoms with Crippen LogP contribution in [0.3, 0.4) is 0 Å². The lowest BCUT2D eigenvalue weighted by Crippen LogP contribution is -2.58. The fraction of sp³-hybridized carbons (Fsp3) is 0.800. The van der Waals surface area contributed by atoms with E-state index in [0.29, 0.717) is 0 Å². The Balaban J connectivity index is 0.00000128. The smallest absolute Gasteiger partial charge is 0.321 e. The highest BCUT2D eigenvalue weighted by molar-refractivity contribution is 5.85. The lowest BCUT2D eigenvalue weighted by Gasteiger charge is -2.48. The Bertz CT molecular complexity index is 289. The summed E-state index contributed by atoms with van der Waals surface area (Å²) in [4.78, 5) is 23.7. The minimum atomic E-state index is -0.889. The van der Waals surface area contributed by atoms with Crippen molar-refractivity contribution >= 4 is 24.3 Å². The van der Waals surface area contributed by atoms with Crippen LogP contribution in [0, 0.1) is 11.8 Å². The molecule has 0 spiro atoms. The van der Waals surface area contributed by atoms with Gasteiger partial charge in [0.2, 0.25) is 0 Å². The van der Waals surface area contributed by atoms with Crippen LogP contribution in [0.4, 0.5) is 0 Å². The molecule has 92 valence electrons. The van der Waals surface area contributed by atoms with Crippen LogP contribution >= 0.6 is 12.4 Å². The van der Waals surface area contributed by atoms with Gasteiger partial charge in [0.25, 0.3) is 0 Å². The van der Waals surface area contributed by atoms with E-state index in [-0.39, 0.29) is 30.7 Å². The Morgan fingerprint density at radius 1 is 1.19 bits per heavy atom. The number of rotatable bonds is 3. The molecule has 3 saturated heterocycles. The molecule has 2 unspecified atom stereocenters. The molecule has 3 heterocycles. The molecule has 0 saturated carbocycles. The SMILES string of the molecule is Cl.O=C(O)CC1C2CCN(CC2)C1C(=O)O. The van der Waals surface area contributed by atoms with Crippen LogP contribution in [0.5, 0.6) is 0 Å². The maximum atomic E-state index is 11.1. The summed E-state index contributed by atoms with van der Waals surface area (Å²) < 4.78 is 0. The van der Waals surface area contributed by atoms with Crippen LogP contribution in [-0.4, -0.2) is 46.2 Å². The second-order valence-electron chi connectivity index (χ2n) is 4.42. The number of halogens is 1. The van der Waals surface area contributed by atoms with Gasteiger partial charge in [-0.3, -0.25) is 14.5 Å². The van der Waals surface area contributed by atoms with Crippen LogP contribution in [-0.2, 0) is 9.59 Å². The molecule has 6 heteroatoms. The van der Waals surface area contributed by atoms with E-state index in [1.807, 2.05) is 4.90 Å². The van der Waals surface area contributed by atoms with Gasteiger partial charge in [0.15, 0.2) is 0 Å². The summed E-state index contributed by atoms with van der Waals surface area (Å²) >= 11 is 0. The Labute approximate surface area is 99.8 Å². The van der Waals surface area contributed by atoms with E-state index < -0.39 is 18.0 Å². The summed E-state index contributed by atoms with van der Waals surface area (Å²) in [5, 5.41) is 17.9. The fourth-order valence-corrected chi connectivity index (χ4v) is 2.97. The monoisotopic (exact) mass is 249 g/mol. The molecule has 0 aromatic carbocycles. The zero-order chi connectivity index (χ0) is 11.0. The molecule has 16 heavy (non-hydrogen) atoms. The average molecular weight is 250 g/mol. The van der Waals surface area contributed by atoms with Crippen LogP contribution in [0.25, 0.3) is 0 Å². The van der Waals surface area contributed by atoms with Crippen molar-refractivity contribution in [3.63, 3.8) is 0 Å². The van der Waals surface area contributed by atoms with Crippen LogP contribution in [0.15, 0.2) is 0 Å². The molecule has 3 aliphatic rings. The molecule has 3 rings (SSSR count). The van der Waals surface area contributed by atoms with Gasteiger partial charge in [-0.1, -0.05) is 0 Å². The van der Waals surface area contributed by atoms with Gasteiger partial charge >= 0.3 is 11.9 Å². The molecule has 2 atom stereocenters. The predicted molar refractivity (Wildman–Crippen MR) is 58.7 cm³/mol. The topological polar surface area (TPSA) is 77.8 Å². The van der Waals surface area contributed by atoms with Crippen LogP contribution in [0.1, 0.15) is 19.3 Å². The lowest BCUT2D eigenvalue weighted by atomic mass is 9.72. The maximum Gasteiger partial charge on any atom is 0.321 e. The van der Waals surface area contributed by atoms with Crippen molar-refractivity contribution in [3.05, 3.63) is 0 Å². The van der Waals surface area contributed by atoms with Crippen molar-refractivity contribution in [2.75, 3.05) is 13.1 Å². The van der Waals surface area contributed by atoms with Gasteiger partial charge in [0, 0.05) is 0 Å². The highest BCUT2D eigenvalue weighted by atomic mass is 35.5. The quantitative estimate of drug-likeness (QED) is 0.769. The van der Waals surface area contributed by atoms with E-state index in [9.17, 15) is 9.59 Å². The second kappa shape index (κ2) is 5.01. The minimum Gasteiger partial charge on any atom is -0.481 e. The van der Waals surface area contributed by atoms with Crippen molar-refractivity contribution in [1.82, 2.24) is 4.90 Å². The summed E-state index contributed by atoms with van der Waals surface area (Å²) in [6, 6.07) is -0.575. The highest BCUT2D eigenvalue weighted by Crippen LogP contribution is 2.38. The first kappa shape index (κ1) is 13.3. The largest absolute Gasteiger partial charge is 0.481 e. The number of piperidine rings is 3. The van der Waals surface area contributed by atoms with Gasteiger partial charge in [-0.05, 0) is 37.8 Å². The second-order valence-corrected chi connectivity index (χ2v) is 4.42. The van der Waals surface area contributed by atoms with Gasteiger partial charge < -0.3 is 10.2 Å². The summed E-state index contributed by atoms with van der Waals surface area (Å²) in [6.07, 6.45) is 1.88. The summed E-state index contributed by atoms with van der Waals surface area (Å²) in [5.74, 6) is -1.68. The first-order chi connectivity index (χ1) is 7.09. The molecule has 2 bridgehead atoms. The number of carboxylic acid groups (broad SMARTS) is 2. The zero-order valence-corrected chi connectivity index (χ0v) is 9.65. The fourth-order valence-electron chi connectivity index (χ4n) is 2.97. The van der Waals surface area contributed by atoms with Gasteiger partial charge in [-0.15, -0.1) is 12.4 Å². The van der Waals surface area contributed by atoms with E-state index in [0.717, 1.165) is 25.9 Å². The molecule has 3 aliphatic heterocycles. The standard InChI is InChI=1S/C10H15NO4.ClH/c12-8(13)5-7-6-1-3-11(4-2-6)9(7)10(14)15;/h6-7,9H,1-5H2,(H,12,13)(H,14,15);1H. The number of nitrogens with zero attached hydrogens (tertiary/aromatic N) is 1. The average Bonchev–Trinajstić information content (AvgIpc) is 2.17. The van der Waals surface area contributed by atoms with Crippen molar-refractivity contribution in [2.24, 2.45) is 11.8 Å². The van der Waals surface area contributed by atoms with Crippen LogP contribution in [0.2, 0.25) is 0 Å². The highest BCUT2D eigenvalue weighted by Gasteiger charge is 2.46. The molecular weight excluding hydrogens is 234 g/mol. The molecule has 0 amide bonds. The van der Waals surface area contributed by atoms with Crippen molar-refractivity contribution in [3.8, 4) is 0 Å². The first-order valence-electron chi connectivity index (χ1n) is 5.28. The summed E-state index contributed by atoms with van der Waals surface area (Å²) in [7, 11) is 0. The third-order valence-electron chi connectivity index (χ3n) is 3.64. The van der Waals surface area contributed by atoms with Crippen molar-refractivity contribution in [2.45, 2.75) is 25.3 Å². The number of fused-ring (bicyclic) bond motifs is 3. The van der Waals surface area contributed by atoms with Gasteiger partial charge in [0.1, 0.15) is 6.04 Å². The predicted octanol–water partition coefficient (Wildman–Crippen LogP) is 0.678. The molecule has 0 radical (unpaired) electrons. The van der Waals surface area contributed by atoms with Gasteiger partial charge in [-0.25, -0.2) is 0 Å². The van der Waals surface area contributed by atoms with E-state index >= 15 is 0 Å². The van der Waals surface area contributed by atoms with Crippen molar-refractivity contribution < 1.29 is 19.8 Å². The van der Waals surface area contributed by atoms with Crippen LogP contribution < -0.4 is 0 Å². The molecule has 0 aliphatic carbocycles. The Morgan fingerprint density at radius 2 is 1.75 bits per heavy atom. The van der Waals surface area contributed by atoms with Gasteiger partial charge in [0.05, 0.1) is 6.42 Å². The van der Waals surface area contributed by atoms with E-state index in [1.54, 1.807) is 0 Å². The third-order valence-corrected chi connectivity index (χ3v) is 3.64. The zero-order valence-electron chi connectivity index (χ0n) is 8.83. The summed E-state index contributed by atoms with van der Waals surface area (Å²) in [5.41, 5.74) is 0. The number of aliphatic carboxylic acids is 2. The van der Waals surface area contributed by atoms with Gasteiger partial charge in [-0.2, -0.15) is 0 Å². The maximum absolute atomic E-state index is 11.1. The van der Waals surface area contributed by atoms with E-state index in [4.69, 9.17) is 10.2 Å². The molecule has 0 aromatic heterocycles. The number of hydrogen-bond acceptors (Lipinski definition) is 3. The van der Waals surface area contributed by atoms with E-state index in [1.165, 1.54) is 0 Å². The Morgan fingerprint density at radius 3 is 2.19 bits per heavy atom. The Kier molecular flexibility index (Phi) is 4.15. The van der Waals surface area contributed by atoms with E-state index in [2.05, 4.69) is 0 Å². The molecule has 3 fully saturated rings. The number of carbonyl (C=O) groups is 2. The first-order valence-corrected chi connectivity index (χ1v) is 5.28. The third kappa shape index (κ3) is 2.30. The Hall–Kier alpha value is -0.810. The number of hydrogen-bond donors (Lipinski definition) is 2. The minimum absolute atomic E-state index is 0. The van der Waals surface area contributed by atoms with Crippen molar-refractivity contribution in [1.29, 1.82) is 0 Å². The molecular formula is C10H16ClNO4. The molecule has 2 N–H and O–H groups in total.